The molecule has 0 N–H and O–H groups in total. The van der Waals surface area contributed by atoms with Gasteiger partial charge in [0.05, 0.1) is 25.4 Å². The Morgan fingerprint density at radius 1 is 1.00 bits per heavy atom. The highest BCUT2D eigenvalue weighted by Crippen LogP contribution is 2.51. The Morgan fingerprint density at radius 2 is 1.47 bits per heavy atom. The number of phosphoric ester groups is 1. The molecule has 0 aromatic rings. The maximum Gasteiger partial charge on any atom is 0.475 e. The molecule has 0 aromatic heterocycles. The summed E-state index contributed by atoms with van der Waals surface area (Å²) in [5.74, 6) is 0. The van der Waals surface area contributed by atoms with Crippen molar-refractivity contribution in [2.75, 3.05) is 20.3 Å². The van der Waals surface area contributed by atoms with Crippen LogP contribution in [-0.4, -0.2) is 32.5 Å². The van der Waals surface area contributed by atoms with Gasteiger partial charge in [0.25, 0.3) is 0 Å². The maximum atomic E-state index is 12.1. The first kappa shape index (κ1) is 15.1. The number of ether oxygens (including phenoxy) is 1. The third-order valence-corrected chi connectivity index (χ3v) is 4.51. The first-order chi connectivity index (χ1) is 8.13. The molecule has 17 heavy (non-hydrogen) atoms. The minimum absolute atomic E-state index is 0.0506. The van der Waals surface area contributed by atoms with Gasteiger partial charge < -0.3 is 4.74 Å². The van der Waals surface area contributed by atoms with Crippen molar-refractivity contribution in [1.82, 2.24) is 0 Å². The van der Waals surface area contributed by atoms with E-state index >= 15 is 0 Å². The molecule has 0 unspecified atom stereocenters. The van der Waals surface area contributed by atoms with E-state index in [4.69, 9.17) is 18.3 Å². The highest BCUT2D eigenvalue weighted by atomic mass is 31.2. The number of rotatable bonds is 7. The van der Waals surface area contributed by atoms with Crippen molar-refractivity contribution in [1.29, 1.82) is 0 Å². The molecule has 0 aliphatic heterocycles. The van der Waals surface area contributed by atoms with Crippen LogP contribution in [0.5, 0.6) is 0 Å². The number of methoxy groups -OCH3 is 1. The van der Waals surface area contributed by atoms with Crippen molar-refractivity contribution in [2.24, 2.45) is 0 Å². The maximum absolute atomic E-state index is 12.1. The third kappa shape index (κ3) is 5.06. The molecule has 0 bridgehead atoms. The molecule has 1 rings (SSSR count). The number of phosphoric acid groups is 1. The van der Waals surface area contributed by atoms with Crippen LogP contribution in [0.2, 0.25) is 0 Å². The molecule has 0 spiro atoms. The Balaban J connectivity index is 2.43. The second-order valence-electron chi connectivity index (χ2n) is 4.02. The Labute approximate surface area is 103 Å². The zero-order valence-electron chi connectivity index (χ0n) is 10.9. The lowest BCUT2D eigenvalue weighted by molar-refractivity contribution is 0.0132. The van der Waals surface area contributed by atoms with Crippen molar-refractivity contribution < 1.29 is 22.9 Å². The molecular formula is C11H23O5P. The summed E-state index contributed by atoms with van der Waals surface area (Å²) < 4.78 is 33.1. The minimum Gasteiger partial charge on any atom is -0.381 e. The molecule has 5 nitrogen and oxygen atoms in total. The SMILES string of the molecule is CCOP(=O)(OCC)OC1CCC(OC)CC1. The molecule has 0 atom stereocenters. The van der Waals surface area contributed by atoms with Gasteiger partial charge in [-0.1, -0.05) is 0 Å². The first-order valence-electron chi connectivity index (χ1n) is 6.23. The fourth-order valence-corrected chi connectivity index (χ4v) is 3.37. The summed E-state index contributed by atoms with van der Waals surface area (Å²) in [6, 6.07) is 0. The second-order valence-corrected chi connectivity index (χ2v) is 5.64. The van der Waals surface area contributed by atoms with Crippen LogP contribution in [0.1, 0.15) is 39.5 Å². The minimum atomic E-state index is -3.36. The van der Waals surface area contributed by atoms with Gasteiger partial charge in [0.15, 0.2) is 0 Å². The molecule has 0 aromatic carbocycles. The largest absolute Gasteiger partial charge is 0.475 e. The molecule has 6 heteroatoms. The molecule has 0 saturated heterocycles. The average Bonchev–Trinajstić information content (AvgIpc) is 2.30. The Bertz CT molecular complexity index is 240. The Kier molecular flexibility index (Phi) is 6.67. The predicted octanol–water partition coefficient (Wildman–Crippen LogP) is 3.14. The van der Waals surface area contributed by atoms with Crippen molar-refractivity contribution in [3.63, 3.8) is 0 Å². The first-order valence-corrected chi connectivity index (χ1v) is 7.70. The monoisotopic (exact) mass is 266 g/mol. The lowest BCUT2D eigenvalue weighted by atomic mass is 9.95. The molecule has 1 aliphatic rings. The Morgan fingerprint density at radius 3 is 1.88 bits per heavy atom. The molecular weight excluding hydrogens is 243 g/mol. The highest BCUT2D eigenvalue weighted by Gasteiger charge is 2.32. The fraction of sp³-hybridized carbons (Fsp3) is 1.00. The zero-order chi connectivity index (χ0) is 12.7. The lowest BCUT2D eigenvalue weighted by Crippen LogP contribution is -2.25. The van der Waals surface area contributed by atoms with Crippen molar-refractivity contribution in [3.8, 4) is 0 Å². The van der Waals surface area contributed by atoms with Crippen LogP contribution >= 0.6 is 7.82 Å². The van der Waals surface area contributed by atoms with Gasteiger partial charge in [0, 0.05) is 7.11 Å². The number of hydrogen-bond acceptors (Lipinski definition) is 5. The molecule has 0 radical (unpaired) electrons. The summed E-state index contributed by atoms with van der Waals surface area (Å²) in [7, 11) is -1.64. The predicted molar refractivity (Wildman–Crippen MR) is 65.0 cm³/mol. The average molecular weight is 266 g/mol. The smallest absolute Gasteiger partial charge is 0.381 e. The van der Waals surface area contributed by atoms with Crippen molar-refractivity contribution in [2.45, 2.75) is 51.7 Å². The number of hydrogen-bond donors (Lipinski definition) is 0. The zero-order valence-corrected chi connectivity index (χ0v) is 11.8. The van der Waals surface area contributed by atoms with Crippen molar-refractivity contribution >= 4 is 7.82 Å². The van der Waals surface area contributed by atoms with Crippen LogP contribution in [0.3, 0.4) is 0 Å². The summed E-state index contributed by atoms with van der Waals surface area (Å²) >= 11 is 0. The summed E-state index contributed by atoms with van der Waals surface area (Å²) in [4.78, 5) is 0. The third-order valence-electron chi connectivity index (χ3n) is 2.81. The van der Waals surface area contributed by atoms with Crippen LogP contribution in [0.4, 0.5) is 0 Å². The highest BCUT2D eigenvalue weighted by molar-refractivity contribution is 7.48. The van der Waals surface area contributed by atoms with E-state index in [1.165, 1.54) is 0 Å². The summed E-state index contributed by atoms with van der Waals surface area (Å²) in [6.07, 6.45) is 3.78. The standard InChI is InChI=1S/C11H23O5P/c1-4-14-17(12,15-5-2)16-11-8-6-10(13-3)7-9-11/h10-11H,4-9H2,1-3H3. The van der Waals surface area contributed by atoms with E-state index in [0.29, 0.717) is 19.3 Å². The van der Waals surface area contributed by atoms with Gasteiger partial charge in [-0.05, 0) is 39.5 Å². The molecule has 1 saturated carbocycles. The van der Waals surface area contributed by atoms with Gasteiger partial charge >= 0.3 is 7.82 Å². The van der Waals surface area contributed by atoms with E-state index < -0.39 is 7.82 Å². The second kappa shape index (κ2) is 7.49. The molecule has 0 heterocycles. The van der Waals surface area contributed by atoms with E-state index in [1.807, 2.05) is 0 Å². The summed E-state index contributed by atoms with van der Waals surface area (Å²) in [5.41, 5.74) is 0. The van der Waals surface area contributed by atoms with Crippen molar-refractivity contribution in [3.05, 3.63) is 0 Å². The fourth-order valence-electron chi connectivity index (χ4n) is 1.97. The topological polar surface area (TPSA) is 54.0 Å². The van der Waals surface area contributed by atoms with Gasteiger partial charge in [-0.15, -0.1) is 0 Å². The van der Waals surface area contributed by atoms with E-state index in [0.717, 1.165) is 25.7 Å². The molecule has 1 fully saturated rings. The van der Waals surface area contributed by atoms with Gasteiger partial charge in [0.2, 0.25) is 0 Å². The van der Waals surface area contributed by atoms with E-state index in [1.54, 1.807) is 21.0 Å². The van der Waals surface area contributed by atoms with Gasteiger partial charge in [0.1, 0.15) is 0 Å². The van der Waals surface area contributed by atoms with Crippen LogP contribution in [0, 0.1) is 0 Å². The van der Waals surface area contributed by atoms with Gasteiger partial charge in [-0.3, -0.25) is 13.6 Å². The summed E-state index contributed by atoms with van der Waals surface area (Å²) in [6.45, 7) is 4.20. The Hall–Kier alpha value is 0.0700. The molecule has 0 amide bonds. The van der Waals surface area contributed by atoms with Gasteiger partial charge in [-0.2, -0.15) is 0 Å². The van der Waals surface area contributed by atoms with Crippen LogP contribution in [-0.2, 0) is 22.9 Å². The quantitative estimate of drug-likeness (QED) is 0.662. The van der Waals surface area contributed by atoms with Crippen LogP contribution in [0.15, 0.2) is 0 Å². The van der Waals surface area contributed by atoms with E-state index in [2.05, 4.69) is 0 Å². The van der Waals surface area contributed by atoms with Crippen LogP contribution < -0.4 is 0 Å². The summed E-state index contributed by atoms with van der Waals surface area (Å²) in [5, 5.41) is 0. The molecule has 1 aliphatic carbocycles. The normalized spacial score (nSPS) is 26.1. The lowest BCUT2D eigenvalue weighted by Gasteiger charge is -2.29. The molecule has 102 valence electrons. The van der Waals surface area contributed by atoms with Gasteiger partial charge in [-0.25, -0.2) is 4.57 Å². The van der Waals surface area contributed by atoms with Crippen LogP contribution in [0.25, 0.3) is 0 Å². The van der Waals surface area contributed by atoms with E-state index in [-0.39, 0.29) is 6.10 Å². The van der Waals surface area contributed by atoms with E-state index in [9.17, 15) is 4.57 Å².